The summed E-state index contributed by atoms with van der Waals surface area (Å²) in [6.45, 7) is 4.57. The van der Waals surface area contributed by atoms with E-state index in [9.17, 15) is 19.4 Å². The lowest BCUT2D eigenvalue weighted by Crippen LogP contribution is -2.45. The lowest BCUT2D eigenvalue weighted by atomic mass is 10.0. The smallest absolute Gasteiger partial charge is 0.268 e. The van der Waals surface area contributed by atoms with E-state index in [1.54, 1.807) is 12.2 Å². The number of nitrogens with one attached hydrogen (secondary N) is 1. The average Bonchev–Trinajstić information content (AvgIpc) is 3.09. The summed E-state index contributed by atoms with van der Waals surface area (Å²) in [7, 11) is 1.23. The molecule has 0 spiro atoms. The van der Waals surface area contributed by atoms with Gasteiger partial charge in [-0.2, -0.15) is 0 Å². The lowest BCUT2D eigenvalue weighted by Gasteiger charge is -2.29. The largest absolute Gasteiger partial charge is 0.756 e. The van der Waals surface area contributed by atoms with Crippen LogP contribution >= 0.6 is 7.82 Å². The molecule has 2 N–H and O–H groups in total. The number of carbonyl (C=O) groups is 1. The molecule has 3 atom stereocenters. The number of hydrogen-bond acceptors (Lipinski definition) is 6. The molecular formula is C43H83N2O6P. The van der Waals surface area contributed by atoms with Gasteiger partial charge in [0, 0.05) is 6.42 Å². The quantitative estimate of drug-likeness (QED) is 0.0214. The second kappa shape index (κ2) is 35.4. The number of phosphoric acid groups is 1. The molecule has 306 valence electrons. The third-order valence-corrected chi connectivity index (χ3v) is 10.3. The summed E-state index contributed by atoms with van der Waals surface area (Å²) in [4.78, 5) is 25.2. The minimum absolute atomic E-state index is 0.00963. The summed E-state index contributed by atoms with van der Waals surface area (Å²) in [6.07, 6.45) is 42.0. The first kappa shape index (κ1) is 50.7. The maximum atomic E-state index is 12.8. The highest BCUT2D eigenvalue weighted by Crippen LogP contribution is 2.38. The van der Waals surface area contributed by atoms with E-state index < -0.39 is 26.6 Å². The van der Waals surface area contributed by atoms with Gasteiger partial charge in [0.1, 0.15) is 13.2 Å². The molecule has 0 aromatic rings. The van der Waals surface area contributed by atoms with Crippen molar-refractivity contribution in [1.29, 1.82) is 0 Å². The Labute approximate surface area is 321 Å². The van der Waals surface area contributed by atoms with Gasteiger partial charge in [0.05, 0.1) is 39.9 Å². The molecule has 1 amide bonds. The predicted molar refractivity (Wildman–Crippen MR) is 219 cm³/mol. The van der Waals surface area contributed by atoms with Gasteiger partial charge in [-0.3, -0.25) is 9.36 Å². The number of aliphatic hydroxyl groups is 1. The first-order valence-electron chi connectivity index (χ1n) is 21.4. The monoisotopic (exact) mass is 755 g/mol. The third kappa shape index (κ3) is 37.1. The van der Waals surface area contributed by atoms with Crippen molar-refractivity contribution in [3.63, 3.8) is 0 Å². The van der Waals surface area contributed by atoms with Crippen molar-refractivity contribution in [2.24, 2.45) is 0 Å². The van der Waals surface area contributed by atoms with E-state index in [4.69, 9.17) is 9.05 Å². The second-order valence-corrected chi connectivity index (χ2v) is 17.1. The second-order valence-electron chi connectivity index (χ2n) is 15.7. The molecule has 1 unspecified atom stereocenters. The van der Waals surface area contributed by atoms with E-state index in [1.165, 1.54) is 128 Å². The van der Waals surface area contributed by atoms with E-state index in [1.807, 2.05) is 27.2 Å². The topological polar surface area (TPSA) is 108 Å². The SMILES string of the molecule is CCCCCCCC/C=C/CCCCCCCCCCCC(=O)N[C@@H](COP(=O)([O-])OCC[N+](C)(C)C)[C@H](O)/C=C/C=C/CCCCCCCCC. The number of quaternary nitrogens is 1. The number of nitrogens with zero attached hydrogens (tertiary/aromatic N) is 1. The van der Waals surface area contributed by atoms with Crippen LogP contribution in [0.5, 0.6) is 0 Å². The van der Waals surface area contributed by atoms with Crippen LogP contribution in [0.2, 0.25) is 0 Å². The molecule has 0 aromatic carbocycles. The molecule has 8 nitrogen and oxygen atoms in total. The van der Waals surface area contributed by atoms with Crippen LogP contribution in [0.1, 0.15) is 181 Å². The van der Waals surface area contributed by atoms with Crippen LogP contribution in [0.25, 0.3) is 0 Å². The number of likely N-dealkylation sites (N-methyl/N-ethyl adjacent to an activating group) is 1. The van der Waals surface area contributed by atoms with Crippen molar-refractivity contribution < 1.29 is 32.9 Å². The maximum Gasteiger partial charge on any atom is 0.268 e. The van der Waals surface area contributed by atoms with Crippen LogP contribution in [0.15, 0.2) is 36.5 Å². The Hall–Kier alpha value is -1.28. The van der Waals surface area contributed by atoms with Gasteiger partial charge in [-0.1, -0.05) is 166 Å². The molecule has 0 rings (SSSR count). The number of allylic oxidation sites excluding steroid dienone is 5. The highest BCUT2D eigenvalue weighted by molar-refractivity contribution is 7.45. The number of rotatable bonds is 38. The molecule has 9 heteroatoms. The minimum atomic E-state index is -4.59. The zero-order valence-corrected chi connectivity index (χ0v) is 35.4. The molecule has 0 aliphatic rings. The van der Waals surface area contributed by atoms with E-state index in [0.29, 0.717) is 17.4 Å². The normalized spacial score (nSPS) is 14.8. The van der Waals surface area contributed by atoms with Gasteiger partial charge < -0.3 is 28.8 Å². The molecule has 0 radical (unpaired) electrons. The highest BCUT2D eigenvalue weighted by Gasteiger charge is 2.23. The van der Waals surface area contributed by atoms with Gasteiger partial charge in [-0.15, -0.1) is 0 Å². The molecule has 0 aliphatic heterocycles. The Kier molecular flexibility index (Phi) is 34.6. The Morgan fingerprint density at radius 3 is 1.60 bits per heavy atom. The molecule has 0 aliphatic carbocycles. The van der Waals surface area contributed by atoms with Gasteiger partial charge in [-0.05, 0) is 44.9 Å². The lowest BCUT2D eigenvalue weighted by molar-refractivity contribution is -0.870. The maximum absolute atomic E-state index is 12.8. The Bertz CT molecular complexity index is 948. The Balaban J connectivity index is 4.41. The van der Waals surface area contributed by atoms with E-state index in [2.05, 4.69) is 37.4 Å². The summed E-state index contributed by atoms with van der Waals surface area (Å²) in [5, 5.41) is 13.7. The number of aliphatic hydroxyl groups excluding tert-OH is 1. The van der Waals surface area contributed by atoms with Gasteiger partial charge in [0.2, 0.25) is 5.91 Å². The van der Waals surface area contributed by atoms with Crippen LogP contribution in [0.4, 0.5) is 0 Å². The highest BCUT2D eigenvalue weighted by atomic mass is 31.2. The fourth-order valence-electron chi connectivity index (χ4n) is 5.91. The molecule has 0 heterocycles. The van der Waals surface area contributed by atoms with Gasteiger partial charge in [-0.25, -0.2) is 0 Å². The number of phosphoric ester groups is 1. The van der Waals surface area contributed by atoms with Crippen molar-refractivity contribution in [2.45, 2.75) is 193 Å². The number of amides is 1. The first-order valence-corrected chi connectivity index (χ1v) is 22.8. The third-order valence-electron chi connectivity index (χ3n) is 9.38. The van der Waals surface area contributed by atoms with Crippen molar-refractivity contribution in [2.75, 3.05) is 40.9 Å². The van der Waals surface area contributed by atoms with Crippen molar-refractivity contribution in [3.05, 3.63) is 36.5 Å². The average molecular weight is 755 g/mol. The summed E-state index contributed by atoms with van der Waals surface area (Å²) in [6, 6.07) is -0.916. The zero-order valence-electron chi connectivity index (χ0n) is 34.5. The van der Waals surface area contributed by atoms with Crippen LogP contribution < -0.4 is 10.2 Å². The zero-order chi connectivity index (χ0) is 38.6. The van der Waals surface area contributed by atoms with E-state index >= 15 is 0 Å². The molecular weight excluding hydrogens is 671 g/mol. The van der Waals surface area contributed by atoms with Gasteiger partial charge in [0.15, 0.2) is 0 Å². The molecule has 0 aromatic heterocycles. The standard InChI is InChI=1S/C43H83N2O6P/c1-6-8-10-12-14-16-18-19-20-21-22-23-24-25-27-29-31-33-35-37-43(47)44-41(40-51-52(48,49)50-39-38-45(3,4)5)42(46)36-34-32-30-28-26-17-15-13-11-9-7-2/h19-20,30,32,34,36,41-42,46H,6-18,21-29,31,33,35,37-40H2,1-5H3,(H-,44,47,48,49)/b20-19+,32-30+,36-34+/t41-,42+/m0/s1. The molecule has 0 fully saturated rings. The Morgan fingerprint density at radius 1 is 0.673 bits per heavy atom. The predicted octanol–water partition coefficient (Wildman–Crippen LogP) is 10.9. The molecule has 0 saturated heterocycles. The van der Waals surface area contributed by atoms with E-state index in [0.717, 1.165) is 32.1 Å². The van der Waals surface area contributed by atoms with Gasteiger partial charge >= 0.3 is 0 Å². The van der Waals surface area contributed by atoms with Crippen molar-refractivity contribution >= 4 is 13.7 Å². The van der Waals surface area contributed by atoms with Crippen LogP contribution in [0, 0.1) is 0 Å². The van der Waals surface area contributed by atoms with Gasteiger partial charge in [0.25, 0.3) is 7.82 Å². The number of carbonyl (C=O) groups excluding carboxylic acids is 1. The fraction of sp³-hybridized carbons (Fsp3) is 0.837. The summed E-state index contributed by atoms with van der Waals surface area (Å²) >= 11 is 0. The summed E-state index contributed by atoms with van der Waals surface area (Å²) < 4.78 is 23.1. The Morgan fingerprint density at radius 2 is 1.12 bits per heavy atom. The first-order chi connectivity index (χ1) is 25.0. The summed E-state index contributed by atoms with van der Waals surface area (Å²) in [5.74, 6) is -0.219. The fourth-order valence-corrected chi connectivity index (χ4v) is 6.63. The number of unbranched alkanes of at least 4 members (excludes halogenated alkanes) is 22. The van der Waals surface area contributed by atoms with Crippen LogP contribution in [0.3, 0.4) is 0 Å². The molecule has 0 bridgehead atoms. The molecule has 52 heavy (non-hydrogen) atoms. The minimum Gasteiger partial charge on any atom is -0.756 e. The summed E-state index contributed by atoms with van der Waals surface area (Å²) in [5.41, 5.74) is 0. The van der Waals surface area contributed by atoms with Crippen LogP contribution in [-0.4, -0.2) is 68.5 Å². The van der Waals surface area contributed by atoms with Crippen LogP contribution in [-0.2, 0) is 18.4 Å². The number of hydrogen-bond donors (Lipinski definition) is 2. The molecule has 0 saturated carbocycles. The van der Waals surface area contributed by atoms with E-state index in [-0.39, 0.29) is 12.5 Å². The van der Waals surface area contributed by atoms with Crippen molar-refractivity contribution in [3.8, 4) is 0 Å². The van der Waals surface area contributed by atoms with Crippen molar-refractivity contribution in [1.82, 2.24) is 5.32 Å².